The number of hydrogen-bond acceptors (Lipinski definition) is 5. The molecule has 0 saturated heterocycles. The summed E-state index contributed by atoms with van der Waals surface area (Å²) in [5, 5.41) is 9.78. The summed E-state index contributed by atoms with van der Waals surface area (Å²) >= 11 is 0. The molecule has 0 aromatic carbocycles. The number of quaternary nitrogens is 1. The number of nitrogens with zero attached hydrogens (tertiary/aromatic N) is 1. The second-order valence-corrected chi connectivity index (χ2v) is 10.1. The Morgan fingerprint density at radius 3 is 2.12 bits per heavy atom. The van der Waals surface area contributed by atoms with E-state index >= 15 is 0 Å². The normalized spacial score (nSPS) is 15.8. The second kappa shape index (κ2) is 15.0. The molecule has 0 heterocycles. The third kappa shape index (κ3) is 18.8. The van der Waals surface area contributed by atoms with Gasteiger partial charge < -0.3 is 28.3 Å². The minimum Gasteiger partial charge on any atom is -0.778 e. The fourth-order valence-corrected chi connectivity index (χ4v) is 3.67. The van der Waals surface area contributed by atoms with Crippen LogP contribution in [-0.4, -0.2) is 69.4 Å². The first-order valence-electron chi connectivity index (χ1n) is 10.2. The van der Waals surface area contributed by atoms with E-state index < -0.39 is 13.7 Å². The van der Waals surface area contributed by atoms with E-state index in [9.17, 15) is 14.6 Å². The quantitative estimate of drug-likeness (QED) is 0.219. The zero-order chi connectivity index (χ0) is 19.9. The second-order valence-electron chi connectivity index (χ2n) is 8.20. The Labute approximate surface area is 161 Å². The topological polar surface area (TPSA) is 78.8 Å². The van der Waals surface area contributed by atoms with Crippen LogP contribution in [0.15, 0.2) is 0 Å². The highest BCUT2D eigenvalue weighted by Gasteiger charge is 2.15. The lowest BCUT2D eigenvalue weighted by Crippen LogP contribution is -2.36. The van der Waals surface area contributed by atoms with Crippen molar-refractivity contribution in [2.24, 2.45) is 0 Å². The van der Waals surface area contributed by atoms with Gasteiger partial charge in [0.1, 0.15) is 13.7 Å². The van der Waals surface area contributed by atoms with Crippen LogP contribution in [-0.2, 0) is 13.8 Å². The van der Waals surface area contributed by atoms with Gasteiger partial charge in [-0.1, -0.05) is 51.9 Å². The molecule has 0 aromatic heterocycles. The minimum atomic E-state index is -3.87. The molecule has 1 unspecified atom stereocenters. The number of rotatable bonds is 18. The Kier molecular flexibility index (Phi) is 15.0. The Bertz CT molecular complexity index is 373. The van der Waals surface area contributed by atoms with Crippen LogP contribution in [0.2, 0.25) is 0 Å². The van der Waals surface area contributed by atoms with Crippen LogP contribution in [0, 0.1) is 0 Å². The van der Waals surface area contributed by atoms with Crippen molar-refractivity contribution in [2.75, 3.05) is 53.7 Å². The van der Waals surface area contributed by atoms with Gasteiger partial charge in [-0.2, -0.15) is 0 Å². The van der Waals surface area contributed by atoms with E-state index in [4.69, 9.17) is 9.26 Å². The fraction of sp³-hybridized carbons (Fsp3) is 1.00. The van der Waals surface area contributed by atoms with E-state index in [0.717, 1.165) is 23.9 Å². The van der Waals surface area contributed by atoms with Crippen molar-refractivity contribution >= 4 is 7.60 Å². The highest BCUT2D eigenvalue weighted by molar-refractivity contribution is 7.51. The summed E-state index contributed by atoms with van der Waals surface area (Å²) in [5.74, 6) is 0. The van der Waals surface area contributed by atoms with Gasteiger partial charge in [-0.25, -0.2) is 0 Å². The monoisotopic (exact) mass is 395 g/mol. The highest BCUT2D eigenvalue weighted by Crippen LogP contribution is 2.37. The zero-order valence-electron chi connectivity index (χ0n) is 17.5. The molecule has 1 N–H and O–H groups in total. The first-order valence-corrected chi connectivity index (χ1v) is 11.9. The summed E-state index contributed by atoms with van der Waals surface area (Å²) in [7, 11) is 2.18. The largest absolute Gasteiger partial charge is 0.778 e. The van der Waals surface area contributed by atoms with E-state index in [1.807, 2.05) is 21.1 Å². The molecule has 0 amide bonds. The summed E-state index contributed by atoms with van der Waals surface area (Å²) in [5.41, 5.74) is 0. The third-order valence-electron chi connectivity index (χ3n) is 4.18. The molecular formula is C19H42NO5P. The van der Waals surface area contributed by atoms with Gasteiger partial charge >= 0.3 is 0 Å². The molecule has 0 bridgehead atoms. The highest BCUT2D eigenvalue weighted by atomic mass is 31.2. The maximum absolute atomic E-state index is 11.8. The Hall–Kier alpha value is 0.0300. The van der Waals surface area contributed by atoms with Gasteiger partial charge in [0.25, 0.3) is 0 Å². The van der Waals surface area contributed by atoms with Crippen LogP contribution in [0.3, 0.4) is 0 Å². The standard InChI is InChI=1S/C19H42NO5P/c1-5-6-7-8-9-10-11-12-15-24-17-19(21)18-25-26(22,23)16-13-14-20(2,3)4/h19,21H,5-18H2,1-4H3/t19-/m1/s1. The lowest BCUT2D eigenvalue weighted by molar-refractivity contribution is -0.870. The molecule has 0 spiro atoms. The van der Waals surface area contributed by atoms with Crippen molar-refractivity contribution in [3.63, 3.8) is 0 Å². The number of aliphatic hydroxyl groups is 1. The smallest absolute Gasteiger partial charge is 0.135 e. The molecule has 0 aliphatic rings. The van der Waals surface area contributed by atoms with E-state index in [2.05, 4.69) is 6.92 Å². The average molecular weight is 396 g/mol. The molecule has 0 fully saturated rings. The van der Waals surface area contributed by atoms with Gasteiger partial charge in [0, 0.05) is 19.2 Å². The molecule has 0 aromatic rings. The number of hydrogen-bond donors (Lipinski definition) is 1. The lowest BCUT2D eigenvalue weighted by Gasteiger charge is -2.28. The van der Waals surface area contributed by atoms with Crippen LogP contribution in [0.4, 0.5) is 0 Å². The van der Waals surface area contributed by atoms with Gasteiger partial charge in [0.2, 0.25) is 0 Å². The molecule has 0 saturated carbocycles. The van der Waals surface area contributed by atoms with E-state index in [1.165, 1.54) is 38.5 Å². The van der Waals surface area contributed by atoms with Crippen molar-refractivity contribution < 1.29 is 28.3 Å². The van der Waals surface area contributed by atoms with Crippen molar-refractivity contribution in [3.05, 3.63) is 0 Å². The first kappa shape index (κ1) is 26.0. The van der Waals surface area contributed by atoms with Crippen LogP contribution in [0.25, 0.3) is 0 Å². The molecule has 6 nitrogen and oxygen atoms in total. The summed E-state index contributed by atoms with van der Waals surface area (Å²) < 4.78 is 22.8. The molecule has 0 radical (unpaired) electrons. The summed E-state index contributed by atoms with van der Waals surface area (Å²) in [6, 6.07) is 0. The molecule has 0 rings (SSSR count). The Morgan fingerprint density at radius 1 is 0.962 bits per heavy atom. The van der Waals surface area contributed by atoms with Crippen LogP contribution in [0.5, 0.6) is 0 Å². The van der Waals surface area contributed by atoms with E-state index in [-0.39, 0.29) is 19.4 Å². The fourth-order valence-electron chi connectivity index (χ4n) is 2.61. The van der Waals surface area contributed by atoms with Crippen LogP contribution >= 0.6 is 7.60 Å². The van der Waals surface area contributed by atoms with Gasteiger partial charge in [0.05, 0.1) is 40.9 Å². The summed E-state index contributed by atoms with van der Waals surface area (Å²) in [6.07, 6.45) is 9.54. The maximum Gasteiger partial charge on any atom is 0.135 e. The van der Waals surface area contributed by atoms with Crippen molar-refractivity contribution in [3.8, 4) is 0 Å². The number of ether oxygens (including phenoxy) is 1. The first-order chi connectivity index (χ1) is 12.2. The summed E-state index contributed by atoms with van der Waals surface area (Å²) in [4.78, 5) is 11.8. The predicted octanol–water partition coefficient (Wildman–Crippen LogP) is 3.17. The number of aliphatic hydroxyl groups excluding tert-OH is 1. The average Bonchev–Trinajstić information content (AvgIpc) is 2.53. The van der Waals surface area contributed by atoms with Crippen LogP contribution < -0.4 is 4.89 Å². The minimum absolute atomic E-state index is 0.00829. The maximum atomic E-state index is 11.8. The molecule has 0 aliphatic heterocycles. The Balaban J connectivity index is 3.55. The van der Waals surface area contributed by atoms with Crippen molar-refractivity contribution in [2.45, 2.75) is 70.8 Å². The van der Waals surface area contributed by atoms with Gasteiger partial charge in [-0.3, -0.25) is 0 Å². The third-order valence-corrected chi connectivity index (χ3v) is 5.58. The zero-order valence-corrected chi connectivity index (χ0v) is 18.3. The van der Waals surface area contributed by atoms with E-state index in [1.54, 1.807) is 0 Å². The van der Waals surface area contributed by atoms with Crippen molar-refractivity contribution in [1.29, 1.82) is 0 Å². The van der Waals surface area contributed by atoms with Crippen molar-refractivity contribution in [1.82, 2.24) is 0 Å². The van der Waals surface area contributed by atoms with Gasteiger partial charge in [-0.05, 0) is 6.42 Å². The van der Waals surface area contributed by atoms with Crippen LogP contribution in [0.1, 0.15) is 64.7 Å². The number of unbranched alkanes of at least 4 members (excludes halogenated alkanes) is 7. The molecular weight excluding hydrogens is 353 g/mol. The van der Waals surface area contributed by atoms with E-state index in [0.29, 0.717) is 13.0 Å². The molecule has 7 heteroatoms. The lowest BCUT2D eigenvalue weighted by atomic mass is 10.1. The SMILES string of the molecule is CCCCCCCCCCOC[C@@H](O)COP(=O)([O-])CCC[N+](C)(C)C. The summed E-state index contributed by atoms with van der Waals surface area (Å²) in [6.45, 7) is 3.49. The van der Waals surface area contributed by atoms with Gasteiger partial charge in [-0.15, -0.1) is 0 Å². The molecule has 2 atom stereocenters. The predicted molar refractivity (Wildman–Crippen MR) is 105 cm³/mol. The van der Waals surface area contributed by atoms with Gasteiger partial charge in [0.15, 0.2) is 0 Å². The molecule has 158 valence electrons. The molecule has 26 heavy (non-hydrogen) atoms. The molecule has 0 aliphatic carbocycles. The Morgan fingerprint density at radius 2 is 1.54 bits per heavy atom.